The van der Waals surface area contributed by atoms with Crippen LogP contribution in [0.4, 0.5) is 26.3 Å². The number of Topliss-reactive ketones (excluding diaryl/α,β-unsaturated/α-hetero) is 1. The van der Waals surface area contributed by atoms with Crippen LogP contribution in [0.25, 0.3) is 5.83 Å². The molecule has 148 valence electrons. The third-order valence-electron chi connectivity index (χ3n) is 6.21. The summed E-state index contributed by atoms with van der Waals surface area (Å²) < 4.78 is 82.7. The highest BCUT2D eigenvalue weighted by atomic mass is 19.2. The van der Waals surface area contributed by atoms with Crippen LogP contribution in [-0.2, 0) is 4.79 Å². The van der Waals surface area contributed by atoms with Crippen molar-refractivity contribution in [2.45, 2.75) is 45.6 Å². The van der Waals surface area contributed by atoms with Crippen molar-refractivity contribution in [2.75, 3.05) is 0 Å². The summed E-state index contributed by atoms with van der Waals surface area (Å²) in [6, 6.07) is 0. The quantitative estimate of drug-likeness (QED) is 0.321. The fourth-order valence-corrected chi connectivity index (χ4v) is 4.52. The average molecular weight is 392 g/mol. The zero-order valence-electron chi connectivity index (χ0n) is 14.7. The first-order valence-corrected chi connectivity index (χ1v) is 8.65. The molecule has 2 nitrogen and oxygen atoms in total. The Hall–Kier alpha value is -1.83. The lowest BCUT2D eigenvalue weighted by Crippen LogP contribution is -2.50. The summed E-state index contributed by atoms with van der Waals surface area (Å²) in [5.41, 5.74) is -3.34. The van der Waals surface area contributed by atoms with E-state index in [1.54, 1.807) is 13.8 Å². The number of carbonyl (C=O) groups excluding carboxylic acids is 1. The predicted octanol–water partition coefficient (Wildman–Crippen LogP) is 4.84. The normalized spacial score (nSPS) is 33.1. The highest BCUT2D eigenvalue weighted by molar-refractivity contribution is 6.05. The fourth-order valence-electron chi connectivity index (χ4n) is 4.52. The van der Waals surface area contributed by atoms with E-state index in [0.29, 0.717) is 6.42 Å². The van der Waals surface area contributed by atoms with E-state index in [9.17, 15) is 36.2 Å². The highest BCUT2D eigenvalue weighted by Gasteiger charge is 2.52. The maximum atomic E-state index is 14.9. The summed E-state index contributed by atoms with van der Waals surface area (Å²) in [6.45, 7) is 3.36. The van der Waals surface area contributed by atoms with E-state index in [4.69, 9.17) is 0 Å². The molecule has 0 spiro atoms. The number of rotatable bonds is 1. The molecule has 8 heteroatoms. The average Bonchev–Trinajstić information content (AvgIpc) is 2.63. The number of aliphatic hydroxyl groups is 1. The molecule has 0 aliphatic heterocycles. The van der Waals surface area contributed by atoms with E-state index in [1.807, 2.05) is 0 Å². The molecule has 0 radical (unpaired) electrons. The van der Waals surface area contributed by atoms with Gasteiger partial charge in [0.25, 0.3) is 0 Å². The van der Waals surface area contributed by atoms with Crippen molar-refractivity contribution in [2.24, 2.45) is 17.3 Å². The molecule has 2 saturated carbocycles. The Labute approximate surface area is 151 Å². The van der Waals surface area contributed by atoms with Gasteiger partial charge in [0.2, 0.25) is 5.82 Å². The third-order valence-corrected chi connectivity index (χ3v) is 6.21. The zero-order valence-corrected chi connectivity index (χ0v) is 14.7. The van der Waals surface area contributed by atoms with Crippen LogP contribution in [0.3, 0.4) is 0 Å². The first-order chi connectivity index (χ1) is 12.5. The van der Waals surface area contributed by atoms with Gasteiger partial charge in [-0.1, -0.05) is 13.8 Å². The Balaban J connectivity index is 2.12. The lowest BCUT2D eigenvalue weighted by molar-refractivity contribution is -0.138. The van der Waals surface area contributed by atoms with E-state index in [-0.39, 0.29) is 31.1 Å². The summed E-state index contributed by atoms with van der Waals surface area (Å²) in [5, 5.41) is 10.0. The molecule has 27 heavy (non-hydrogen) atoms. The Morgan fingerprint density at radius 2 is 1.52 bits per heavy atom. The second-order valence-electron chi connectivity index (χ2n) is 7.59. The van der Waals surface area contributed by atoms with E-state index >= 15 is 0 Å². The SMILES string of the molecule is C[C@@H]1C(O)CC[C@]2(C)C(=O)/C(=C(/F)c3c(F)c(F)c(F)c(F)c3F)CCC12. The van der Waals surface area contributed by atoms with Gasteiger partial charge in [0, 0.05) is 11.0 Å². The van der Waals surface area contributed by atoms with Gasteiger partial charge in [-0.2, -0.15) is 0 Å². The monoisotopic (exact) mass is 392 g/mol. The van der Waals surface area contributed by atoms with Gasteiger partial charge in [-0.15, -0.1) is 0 Å². The topological polar surface area (TPSA) is 37.3 Å². The number of aliphatic hydroxyl groups excluding tert-OH is 1. The molecule has 2 aliphatic carbocycles. The second-order valence-corrected chi connectivity index (χ2v) is 7.59. The lowest BCUT2D eigenvalue weighted by Gasteiger charge is -2.49. The molecular formula is C19H18F6O2. The van der Waals surface area contributed by atoms with Crippen LogP contribution in [0.5, 0.6) is 0 Å². The molecule has 2 aliphatic rings. The largest absolute Gasteiger partial charge is 0.393 e. The summed E-state index contributed by atoms with van der Waals surface area (Å²) in [6.07, 6.45) is -0.00530. The van der Waals surface area contributed by atoms with Gasteiger partial charge < -0.3 is 5.11 Å². The van der Waals surface area contributed by atoms with Crippen LogP contribution in [-0.4, -0.2) is 17.0 Å². The number of hydrogen-bond acceptors (Lipinski definition) is 2. The Morgan fingerprint density at radius 1 is 1.00 bits per heavy atom. The second kappa shape index (κ2) is 6.65. The summed E-state index contributed by atoms with van der Waals surface area (Å²) >= 11 is 0. The van der Waals surface area contributed by atoms with Gasteiger partial charge in [-0.05, 0) is 37.5 Å². The Morgan fingerprint density at radius 3 is 2.07 bits per heavy atom. The molecule has 1 aromatic carbocycles. The van der Waals surface area contributed by atoms with E-state index in [1.165, 1.54) is 0 Å². The number of ketones is 1. The maximum absolute atomic E-state index is 14.9. The molecule has 3 rings (SSSR count). The number of fused-ring (bicyclic) bond motifs is 1. The smallest absolute Gasteiger partial charge is 0.200 e. The van der Waals surface area contributed by atoms with Crippen LogP contribution in [0.1, 0.15) is 45.1 Å². The summed E-state index contributed by atoms with van der Waals surface area (Å²) in [5.74, 6) is -14.4. The minimum absolute atomic E-state index is 0.207. The zero-order chi connectivity index (χ0) is 20.3. The number of allylic oxidation sites excluding steroid dienone is 1. The number of carbonyl (C=O) groups is 1. The van der Waals surface area contributed by atoms with Crippen molar-refractivity contribution in [3.8, 4) is 0 Å². The molecule has 0 heterocycles. The lowest BCUT2D eigenvalue weighted by atomic mass is 9.54. The van der Waals surface area contributed by atoms with E-state index < -0.39 is 63.4 Å². The van der Waals surface area contributed by atoms with Gasteiger partial charge in [0.1, 0.15) is 5.83 Å². The van der Waals surface area contributed by atoms with Gasteiger partial charge >= 0.3 is 0 Å². The van der Waals surface area contributed by atoms with E-state index in [2.05, 4.69) is 0 Å². The van der Waals surface area contributed by atoms with Crippen molar-refractivity contribution in [3.05, 3.63) is 40.2 Å². The minimum Gasteiger partial charge on any atom is -0.393 e. The van der Waals surface area contributed by atoms with Crippen molar-refractivity contribution in [1.29, 1.82) is 0 Å². The van der Waals surface area contributed by atoms with Crippen molar-refractivity contribution in [3.63, 3.8) is 0 Å². The summed E-state index contributed by atoms with van der Waals surface area (Å²) in [7, 11) is 0. The van der Waals surface area contributed by atoms with E-state index in [0.717, 1.165) is 0 Å². The fraction of sp³-hybridized carbons (Fsp3) is 0.526. The van der Waals surface area contributed by atoms with Crippen LogP contribution in [0.2, 0.25) is 0 Å². The Kier molecular flexibility index (Phi) is 4.91. The van der Waals surface area contributed by atoms with Crippen LogP contribution < -0.4 is 0 Å². The molecule has 0 aromatic heterocycles. The van der Waals surface area contributed by atoms with Crippen LogP contribution in [0, 0.1) is 46.3 Å². The molecule has 0 saturated heterocycles. The first-order valence-electron chi connectivity index (χ1n) is 8.65. The van der Waals surface area contributed by atoms with Gasteiger partial charge in [-0.25, -0.2) is 26.3 Å². The highest BCUT2D eigenvalue weighted by Crippen LogP contribution is 2.53. The third kappa shape index (κ3) is 2.80. The van der Waals surface area contributed by atoms with Crippen molar-refractivity contribution < 1.29 is 36.2 Å². The van der Waals surface area contributed by atoms with Crippen LogP contribution >= 0.6 is 0 Å². The molecule has 0 amide bonds. The molecule has 2 unspecified atom stereocenters. The van der Waals surface area contributed by atoms with Crippen molar-refractivity contribution >= 4 is 11.6 Å². The molecular weight excluding hydrogens is 374 g/mol. The molecule has 1 N–H and O–H groups in total. The molecule has 2 fully saturated rings. The minimum atomic E-state index is -2.39. The van der Waals surface area contributed by atoms with Gasteiger partial charge in [0.15, 0.2) is 29.1 Å². The molecule has 1 aromatic rings. The van der Waals surface area contributed by atoms with Crippen LogP contribution in [0.15, 0.2) is 5.57 Å². The number of halogens is 6. The van der Waals surface area contributed by atoms with Gasteiger partial charge in [0.05, 0.1) is 11.7 Å². The first kappa shape index (κ1) is 19.9. The number of hydrogen-bond donors (Lipinski definition) is 1. The standard InChI is InChI=1S/C19H18F6O2/c1-7-9-4-3-8(18(27)19(9,2)6-5-10(7)26)12(20)11-13(21)15(23)17(25)16(24)14(11)22/h7,9-10,26H,3-6H2,1-2H3/b12-8+/t7-,9?,10?,19-/m0/s1. The maximum Gasteiger partial charge on any atom is 0.200 e. The molecule has 0 bridgehead atoms. The number of benzene rings is 1. The molecule has 4 atom stereocenters. The Bertz CT molecular complexity index is 820. The van der Waals surface area contributed by atoms with Crippen molar-refractivity contribution in [1.82, 2.24) is 0 Å². The summed E-state index contributed by atoms with van der Waals surface area (Å²) in [4.78, 5) is 12.9. The van der Waals surface area contributed by atoms with Gasteiger partial charge in [-0.3, -0.25) is 4.79 Å². The predicted molar refractivity (Wildman–Crippen MR) is 84.5 cm³/mol.